The fourth-order valence-corrected chi connectivity index (χ4v) is 1.89. The van der Waals surface area contributed by atoms with E-state index in [2.05, 4.69) is 10.6 Å². The summed E-state index contributed by atoms with van der Waals surface area (Å²) >= 11 is 0. The van der Waals surface area contributed by atoms with Crippen LogP contribution in [0, 0.1) is 25.5 Å². The van der Waals surface area contributed by atoms with Crippen LogP contribution in [0.5, 0.6) is 0 Å². The quantitative estimate of drug-likeness (QED) is 0.902. The third-order valence-corrected chi connectivity index (χ3v) is 2.99. The average molecular weight is 290 g/mol. The highest BCUT2D eigenvalue weighted by Gasteiger charge is 2.09. The van der Waals surface area contributed by atoms with E-state index in [0.29, 0.717) is 5.69 Å². The monoisotopic (exact) mass is 290 g/mol. The third kappa shape index (κ3) is 4.02. The molecule has 21 heavy (non-hydrogen) atoms. The number of carbonyl (C=O) groups is 1. The van der Waals surface area contributed by atoms with Crippen LogP contribution in [0.25, 0.3) is 0 Å². The number of halogens is 2. The summed E-state index contributed by atoms with van der Waals surface area (Å²) < 4.78 is 27.0. The molecule has 2 aromatic rings. The number of carbonyl (C=O) groups excluding carboxylic acids is 1. The van der Waals surface area contributed by atoms with Gasteiger partial charge >= 0.3 is 0 Å². The van der Waals surface area contributed by atoms with Crippen molar-refractivity contribution in [2.24, 2.45) is 0 Å². The number of benzene rings is 2. The van der Waals surface area contributed by atoms with Crippen molar-refractivity contribution in [1.82, 2.24) is 0 Å². The van der Waals surface area contributed by atoms with Gasteiger partial charge in [-0.15, -0.1) is 0 Å². The number of nitrogens with one attached hydrogen (secondary N) is 2. The standard InChI is InChI=1S/C16H16F2N2O/c1-10-4-3-5-12(6-10)20-16(21)9-19-15-8-13(17)11(2)7-14(15)18/h3-8,19H,9H2,1-2H3,(H,20,21). The van der Waals surface area contributed by atoms with Gasteiger partial charge in [0.2, 0.25) is 5.91 Å². The summed E-state index contributed by atoms with van der Waals surface area (Å²) in [5.41, 5.74) is 1.88. The molecule has 5 heteroatoms. The van der Waals surface area contributed by atoms with E-state index in [1.807, 2.05) is 25.1 Å². The van der Waals surface area contributed by atoms with Gasteiger partial charge in [-0.1, -0.05) is 12.1 Å². The van der Waals surface area contributed by atoms with E-state index in [1.165, 1.54) is 6.92 Å². The van der Waals surface area contributed by atoms with Gasteiger partial charge in [0.1, 0.15) is 11.6 Å². The molecule has 0 aliphatic carbocycles. The van der Waals surface area contributed by atoms with E-state index in [4.69, 9.17) is 0 Å². The number of aryl methyl sites for hydroxylation is 2. The Labute approximate surface area is 122 Å². The Morgan fingerprint density at radius 3 is 2.57 bits per heavy atom. The molecular weight excluding hydrogens is 274 g/mol. The summed E-state index contributed by atoms with van der Waals surface area (Å²) in [4.78, 5) is 11.8. The molecule has 0 spiro atoms. The van der Waals surface area contributed by atoms with Crippen LogP contribution in [0.4, 0.5) is 20.2 Å². The first kappa shape index (κ1) is 15.0. The molecule has 0 aliphatic rings. The van der Waals surface area contributed by atoms with Crippen molar-refractivity contribution in [3.8, 4) is 0 Å². The van der Waals surface area contributed by atoms with Crippen LogP contribution >= 0.6 is 0 Å². The van der Waals surface area contributed by atoms with Gasteiger partial charge in [-0.2, -0.15) is 0 Å². The predicted molar refractivity (Wildman–Crippen MR) is 79.4 cm³/mol. The molecular formula is C16H16F2N2O. The van der Waals surface area contributed by atoms with Gasteiger partial charge in [-0.05, 0) is 43.2 Å². The minimum absolute atomic E-state index is 0.0301. The zero-order valence-corrected chi connectivity index (χ0v) is 11.8. The second-order valence-electron chi connectivity index (χ2n) is 4.85. The van der Waals surface area contributed by atoms with Gasteiger partial charge in [0.15, 0.2) is 0 Å². The first-order valence-electron chi connectivity index (χ1n) is 6.52. The van der Waals surface area contributed by atoms with Crippen molar-refractivity contribution >= 4 is 17.3 Å². The lowest BCUT2D eigenvalue weighted by Crippen LogP contribution is -2.22. The first-order chi connectivity index (χ1) is 9.95. The smallest absolute Gasteiger partial charge is 0.243 e. The number of anilines is 2. The molecule has 0 atom stereocenters. The highest BCUT2D eigenvalue weighted by Crippen LogP contribution is 2.18. The summed E-state index contributed by atoms with van der Waals surface area (Å²) in [5.74, 6) is -1.43. The average Bonchev–Trinajstić information content (AvgIpc) is 2.41. The SMILES string of the molecule is Cc1cccc(NC(=O)CNc2cc(F)c(C)cc2F)c1. The van der Waals surface area contributed by atoms with Gasteiger partial charge < -0.3 is 10.6 Å². The van der Waals surface area contributed by atoms with E-state index in [0.717, 1.165) is 17.7 Å². The summed E-state index contributed by atoms with van der Waals surface area (Å²) in [7, 11) is 0. The zero-order valence-electron chi connectivity index (χ0n) is 11.8. The van der Waals surface area contributed by atoms with Gasteiger partial charge in [-0.3, -0.25) is 4.79 Å². The maximum absolute atomic E-state index is 13.6. The van der Waals surface area contributed by atoms with Gasteiger partial charge in [-0.25, -0.2) is 8.78 Å². The molecule has 110 valence electrons. The van der Waals surface area contributed by atoms with Crippen LogP contribution in [0.15, 0.2) is 36.4 Å². The molecule has 0 unspecified atom stereocenters. The van der Waals surface area contributed by atoms with Crippen LogP contribution in [0.1, 0.15) is 11.1 Å². The zero-order chi connectivity index (χ0) is 15.4. The van der Waals surface area contributed by atoms with Crippen molar-refractivity contribution in [3.63, 3.8) is 0 Å². The van der Waals surface area contributed by atoms with E-state index < -0.39 is 11.6 Å². The van der Waals surface area contributed by atoms with Gasteiger partial charge in [0.25, 0.3) is 0 Å². The van der Waals surface area contributed by atoms with Crippen LogP contribution in [0.3, 0.4) is 0 Å². The predicted octanol–water partition coefficient (Wildman–Crippen LogP) is 3.63. The van der Waals surface area contributed by atoms with E-state index in [1.54, 1.807) is 6.07 Å². The maximum atomic E-state index is 13.6. The Hall–Kier alpha value is -2.43. The largest absolute Gasteiger partial charge is 0.374 e. The molecule has 0 radical (unpaired) electrons. The molecule has 0 aromatic heterocycles. The van der Waals surface area contributed by atoms with Crippen molar-refractivity contribution in [2.75, 3.05) is 17.2 Å². The summed E-state index contributed by atoms with van der Waals surface area (Å²) in [6, 6.07) is 9.47. The lowest BCUT2D eigenvalue weighted by Gasteiger charge is -2.10. The van der Waals surface area contributed by atoms with Crippen molar-refractivity contribution in [3.05, 3.63) is 59.2 Å². The van der Waals surface area contributed by atoms with Crippen LogP contribution in [0.2, 0.25) is 0 Å². The van der Waals surface area contributed by atoms with Crippen LogP contribution < -0.4 is 10.6 Å². The highest BCUT2D eigenvalue weighted by molar-refractivity contribution is 5.93. The third-order valence-electron chi connectivity index (χ3n) is 2.99. The van der Waals surface area contributed by atoms with E-state index in [9.17, 15) is 13.6 Å². The van der Waals surface area contributed by atoms with Gasteiger partial charge in [0, 0.05) is 11.8 Å². The topological polar surface area (TPSA) is 41.1 Å². The minimum atomic E-state index is -0.586. The molecule has 0 aliphatic heterocycles. The second-order valence-corrected chi connectivity index (χ2v) is 4.85. The highest BCUT2D eigenvalue weighted by atomic mass is 19.1. The number of rotatable bonds is 4. The lowest BCUT2D eigenvalue weighted by atomic mass is 10.2. The Morgan fingerprint density at radius 1 is 1.10 bits per heavy atom. The molecule has 2 rings (SSSR count). The minimum Gasteiger partial charge on any atom is -0.374 e. The summed E-state index contributed by atoms with van der Waals surface area (Å²) in [6.45, 7) is 3.25. The van der Waals surface area contributed by atoms with Crippen LogP contribution in [-0.2, 0) is 4.79 Å². The van der Waals surface area contributed by atoms with Crippen LogP contribution in [-0.4, -0.2) is 12.5 Å². The number of hydrogen-bond donors (Lipinski definition) is 2. The van der Waals surface area contributed by atoms with Crippen molar-refractivity contribution in [1.29, 1.82) is 0 Å². The molecule has 0 saturated heterocycles. The maximum Gasteiger partial charge on any atom is 0.243 e. The molecule has 1 amide bonds. The Morgan fingerprint density at radius 2 is 1.86 bits per heavy atom. The fraction of sp³-hybridized carbons (Fsp3) is 0.188. The fourth-order valence-electron chi connectivity index (χ4n) is 1.89. The lowest BCUT2D eigenvalue weighted by molar-refractivity contribution is -0.114. The molecule has 0 saturated carbocycles. The molecule has 0 fully saturated rings. The Bertz CT molecular complexity index is 671. The Kier molecular flexibility index (Phi) is 4.52. The molecule has 0 bridgehead atoms. The molecule has 0 heterocycles. The molecule has 2 aromatic carbocycles. The second kappa shape index (κ2) is 6.35. The van der Waals surface area contributed by atoms with Gasteiger partial charge in [0.05, 0.1) is 12.2 Å². The first-order valence-corrected chi connectivity index (χ1v) is 6.52. The van der Waals surface area contributed by atoms with E-state index in [-0.39, 0.29) is 23.7 Å². The number of hydrogen-bond acceptors (Lipinski definition) is 2. The Balaban J connectivity index is 1.97. The van der Waals surface area contributed by atoms with Crippen molar-refractivity contribution in [2.45, 2.75) is 13.8 Å². The normalized spacial score (nSPS) is 10.3. The summed E-state index contributed by atoms with van der Waals surface area (Å²) in [5, 5.41) is 5.27. The molecule has 2 N–H and O–H groups in total. The van der Waals surface area contributed by atoms with Crippen molar-refractivity contribution < 1.29 is 13.6 Å². The molecule has 3 nitrogen and oxygen atoms in total. The number of amides is 1. The van der Waals surface area contributed by atoms with E-state index >= 15 is 0 Å². The summed E-state index contributed by atoms with van der Waals surface area (Å²) in [6.07, 6.45) is 0.